The Morgan fingerprint density at radius 2 is 2.18 bits per heavy atom. The van der Waals surface area contributed by atoms with E-state index in [0.29, 0.717) is 0 Å². The van der Waals surface area contributed by atoms with Gasteiger partial charge in [-0.05, 0) is 26.0 Å². The van der Waals surface area contributed by atoms with Crippen LogP contribution in [-0.2, 0) is 9.59 Å². The van der Waals surface area contributed by atoms with Gasteiger partial charge in [0.25, 0.3) is 0 Å². The number of carbonyl (C=O) groups excluding carboxylic acids is 2. The molecular formula is C12H16N2O3. The molecule has 1 aliphatic rings. The first kappa shape index (κ1) is 11.9. The molecule has 1 fully saturated rings. The number of hydrogen-bond donors (Lipinski definition) is 1. The van der Waals surface area contributed by atoms with Crippen LogP contribution in [0.1, 0.15) is 30.9 Å². The molecule has 0 aromatic carbocycles. The summed E-state index contributed by atoms with van der Waals surface area (Å²) < 4.78 is 5.47. The third kappa shape index (κ3) is 2.24. The second-order valence-corrected chi connectivity index (χ2v) is 4.38. The Kier molecular flexibility index (Phi) is 3.02. The highest BCUT2D eigenvalue weighted by Gasteiger charge is 2.36. The lowest BCUT2D eigenvalue weighted by Gasteiger charge is -2.15. The normalized spacial score (nSPS) is 22.3. The number of hydrogen-bond acceptors (Lipinski definition) is 4. The van der Waals surface area contributed by atoms with Crippen molar-refractivity contribution in [2.75, 3.05) is 7.05 Å². The van der Waals surface area contributed by atoms with Gasteiger partial charge < -0.3 is 4.42 Å². The standard InChI is InChI=1S/C12H16N2O3/c1-7-4-5-10(17-7)8(2)13-9-6-11(15)14(3)12(9)16/h4-5,8-9,13H,6H2,1-3H3. The van der Waals surface area contributed by atoms with Gasteiger partial charge in [-0.15, -0.1) is 0 Å². The average molecular weight is 236 g/mol. The van der Waals surface area contributed by atoms with Crippen LogP contribution in [0.5, 0.6) is 0 Å². The van der Waals surface area contributed by atoms with E-state index in [2.05, 4.69) is 5.32 Å². The summed E-state index contributed by atoms with van der Waals surface area (Å²) in [5.41, 5.74) is 0. The van der Waals surface area contributed by atoms with E-state index in [1.165, 1.54) is 7.05 Å². The molecule has 5 heteroatoms. The van der Waals surface area contributed by atoms with Gasteiger partial charge in [0.2, 0.25) is 11.8 Å². The highest BCUT2D eigenvalue weighted by molar-refractivity contribution is 6.05. The first-order chi connectivity index (χ1) is 7.99. The maximum atomic E-state index is 11.7. The second kappa shape index (κ2) is 4.33. The number of carbonyl (C=O) groups is 2. The topological polar surface area (TPSA) is 62.6 Å². The first-order valence-electron chi connectivity index (χ1n) is 5.62. The zero-order valence-electron chi connectivity index (χ0n) is 10.2. The number of rotatable bonds is 3. The minimum Gasteiger partial charge on any atom is -0.465 e. The van der Waals surface area contributed by atoms with Gasteiger partial charge in [0.05, 0.1) is 18.5 Å². The quantitative estimate of drug-likeness (QED) is 0.795. The lowest BCUT2D eigenvalue weighted by atomic mass is 10.2. The lowest BCUT2D eigenvalue weighted by Crippen LogP contribution is -2.38. The molecule has 2 heterocycles. The molecule has 5 nitrogen and oxygen atoms in total. The third-order valence-electron chi connectivity index (χ3n) is 3.02. The molecule has 0 bridgehead atoms. The summed E-state index contributed by atoms with van der Waals surface area (Å²) >= 11 is 0. The average Bonchev–Trinajstić information content (AvgIpc) is 2.80. The Morgan fingerprint density at radius 1 is 1.47 bits per heavy atom. The van der Waals surface area contributed by atoms with Gasteiger partial charge in [-0.2, -0.15) is 0 Å². The van der Waals surface area contributed by atoms with Crippen molar-refractivity contribution in [1.82, 2.24) is 10.2 Å². The van der Waals surface area contributed by atoms with Gasteiger partial charge in [0.15, 0.2) is 0 Å². The predicted molar refractivity (Wildman–Crippen MR) is 61.2 cm³/mol. The monoisotopic (exact) mass is 236 g/mol. The number of imide groups is 1. The molecule has 2 amide bonds. The fourth-order valence-corrected chi connectivity index (χ4v) is 1.96. The van der Waals surface area contributed by atoms with E-state index in [1.807, 2.05) is 26.0 Å². The minimum absolute atomic E-state index is 0.0862. The van der Waals surface area contributed by atoms with E-state index in [4.69, 9.17) is 4.42 Å². The highest BCUT2D eigenvalue weighted by Crippen LogP contribution is 2.19. The fourth-order valence-electron chi connectivity index (χ4n) is 1.96. The van der Waals surface area contributed by atoms with Crippen molar-refractivity contribution in [2.45, 2.75) is 32.4 Å². The molecule has 1 aliphatic heterocycles. The molecule has 2 unspecified atom stereocenters. The van der Waals surface area contributed by atoms with Gasteiger partial charge in [-0.3, -0.25) is 19.8 Å². The van der Waals surface area contributed by atoms with Crippen molar-refractivity contribution in [3.63, 3.8) is 0 Å². The molecule has 1 aromatic heterocycles. The van der Waals surface area contributed by atoms with Crippen LogP contribution in [0, 0.1) is 6.92 Å². The van der Waals surface area contributed by atoms with Gasteiger partial charge in [0.1, 0.15) is 11.5 Å². The molecule has 0 aliphatic carbocycles. The molecule has 92 valence electrons. The van der Waals surface area contributed by atoms with Crippen LogP contribution >= 0.6 is 0 Å². The van der Waals surface area contributed by atoms with Crippen LogP contribution in [0.3, 0.4) is 0 Å². The smallest absolute Gasteiger partial charge is 0.246 e. The van der Waals surface area contributed by atoms with Gasteiger partial charge in [0, 0.05) is 7.05 Å². The summed E-state index contributed by atoms with van der Waals surface area (Å²) in [7, 11) is 1.51. The van der Waals surface area contributed by atoms with E-state index < -0.39 is 6.04 Å². The highest BCUT2D eigenvalue weighted by atomic mass is 16.3. The van der Waals surface area contributed by atoms with Crippen LogP contribution < -0.4 is 5.32 Å². The van der Waals surface area contributed by atoms with Crippen LogP contribution in [0.2, 0.25) is 0 Å². The Hall–Kier alpha value is -1.62. The van der Waals surface area contributed by atoms with Crippen molar-refractivity contribution in [3.8, 4) is 0 Å². The van der Waals surface area contributed by atoms with Crippen LogP contribution in [0.15, 0.2) is 16.5 Å². The molecule has 1 saturated heterocycles. The van der Waals surface area contributed by atoms with Gasteiger partial charge in [-0.1, -0.05) is 0 Å². The zero-order chi connectivity index (χ0) is 12.6. The molecule has 17 heavy (non-hydrogen) atoms. The SMILES string of the molecule is Cc1ccc(C(C)NC2CC(=O)N(C)C2=O)o1. The van der Waals surface area contributed by atoms with Gasteiger partial charge in [-0.25, -0.2) is 0 Å². The molecule has 2 atom stereocenters. The number of nitrogens with one attached hydrogen (secondary N) is 1. The van der Waals surface area contributed by atoms with E-state index in [1.54, 1.807) is 0 Å². The molecule has 0 spiro atoms. The maximum Gasteiger partial charge on any atom is 0.246 e. The van der Waals surface area contributed by atoms with Crippen molar-refractivity contribution in [3.05, 3.63) is 23.7 Å². The lowest BCUT2D eigenvalue weighted by molar-refractivity contribution is -0.137. The van der Waals surface area contributed by atoms with Crippen molar-refractivity contribution >= 4 is 11.8 Å². The van der Waals surface area contributed by atoms with Crippen molar-refractivity contribution in [2.24, 2.45) is 0 Å². The Morgan fingerprint density at radius 3 is 2.65 bits per heavy atom. The Labute approximate surface area is 99.8 Å². The first-order valence-corrected chi connectivity index (χ1v) is 5.62. The number of likely N-dealkylation sites (tertiary alicyclic amines) is 1. The Balaban J connectivity index is 2.02. The minimum atomic E-state index is -0.437. The van der Waals surface area contributed by atoms with E-state index in [-0.39, 0.29) is 24.3 Å². The molecule has 1 N–H and O–H groups in total. The van der Waals surface area contributed by atoms with Crippen molar-refractivity contribution in [1.29, 1.82) is 0 Å². The number of nitrogens with zero attached hydrogens (tertiary/aromatic N) is 1. The fraction of sp³-hybridized carbons (Fsp3) is 0.500. The maximum absolute atomic E-state index is 11.7. The summed E-state index contributed by atoms with van der Waals surface area (Å²) in [5, 5.41) is 3.11. The summed E-state index contributed by atoms with van der Waals surface area (Å²) in [6, 6.07) is 3.23. The molecule has 2 rings (SSSR count). The second-order valence-electron chi connectivity index (χ2n) is 4.38. The number of aryl methyl sites for hydroxylation is 1. The summed E-state index contributed by atoms with van der Waals surface area (Å²) in [6.45, 7) is 3.78. The predicted octanol–water partition coefficient (Wildman–Crippen LogP) is 0.996. The van der Waals surface area contributed by atoms with Crippen LogP contribution in [0.4, 0.5) is 0 Å². The molecular weight excluding hydrogens is 220 g/mol. The zero-order valence-corrected chi connectivity index (χ0v) is 10.2. The summed E-state index contributed by atoms with van der Waals surface area (Å²) in [4.78, 5) is 24.2. The van der Waals surface area contributed by atoms with Crippen LogP contribution in [0.25, 0.3) is 0 Å². The van der Waals surface area contributed by atoms with Crippen molar-refractivity contribution < 1.29 is 14.0 Å². The third-order valence-corrected chi connectivity index (χ3v) is 3.02. The number of furan rings is 1. The van der Waals surface area contributed by atoms with E-state index >= 15 is 0 Å². The van der Waals surface area contributed by atoms with E-state index in [0.717, 1.165) is 16.4 Å². The molecule has 1 aromatic rings. The number of amides is 2. The summed E-state index contributed by atoms with van der Waals surface area (Å²) in [5.74, 6) is 1.29. The van der Waals surface area contributed by atoms with Crippen LogP contribution in [-0.4, -0.2) is 29.8 Å². The Bertz CT molecular complexity index is 452. The van der Waals surface area contributed by atoms with E-state index in [9.17, 15) is 9.59 Å². The molecule has 0 radical (unpaired) electrons. The number of likely N-dealkylation sites (N-methyl/N-ethyl adjacent to an activating group) is 1. The summed E-state index contributed by atoms with van der Waals surface area (Å²) in [6.07, 6.45) is 0.222. The van der Waals surface area contributed by atoms with Gasteiger partial charge >= 0.3 is 0 Å². The molecule has 0 saturated carbocycles. The largest absolute Gasteiger partial charge is 0.465 e.